The van der Waals surface area contributed by atoms with Crippen molar-refractivity contribution < 1.29 is 18.0 Å². The molecule has 0 bridgehead atoms. The average Bonchev–Trinajstić information content (AvgIpc) is 3.21. The van der Waals surface area contributed by atoms with Gasteiger partial charge < -0.3 is 5.73 Å². The first kappa shape index (κ1) is 20.8. The molecular formula is C26H18F3N3O. The number of carbonyl (C=O) groups excluding carboxylic acids is 1. The zero-order chi connectivity index (χ0) is 23.2. The van der Waals surface area contributed by atoms with Gasteiger partial charge in [0.25, 0.3) is 0 Å². The highest BCUT2D eigenvalue weighted by Crippen LogP contribution is 2.36. The lowest BCUT2D eigenvalue weighted by atomic mass is 9.94. The standard InChI is InChI=1S/C26H18F3N3O/c27-26(28,29)18-7-5-8-19(14-18)32-15-17(13-24(30)33)25(31-32)23-12-16-6-1-2-9-20(16)21-10-3-4-11-22(21)23/h1-12,14-15H,13H2,(H2,30,33). The normalized spacial score (nSPS) is 11.8. The molecule has 33 heavy (non-hydrogen) atoms. The number of primary amides is 1. The number of amides is 1. The number of carbonyl (C=O) groups is 1. The molecule has 0 aliphatic rings. The Bertz CT molecular complexity index is 1520. The Balaban J connectivity index is 1.76. The van der Waals surface area contributed by atoms with Crippen LogP contribution in [0.25, 0.3) is 38.5 Å². The third kappa shape index (κ3) is 3.82. The van der Waals surface area contributed by atoms with Gasteiger partial charge in [-0.15, -0.1) is 0 Å². The number of fused-ring (bicyclic) bond motifs is 3. The first-order valence-corrected chi connectivity index (χ1v) is 10.3. The number of halogens is 3. The number of nitrogens with zero attached hydrogens (tertiary/aromatic N) is 2. The van der Waals surface area contributed by atoms with Crippen LogP contribution in [0.2, 0.25) is 0 Å². The molecule has 0 spiro atoms. The van der Waals surface area contributed by atoms with E-state index in [4.69, 9.17) is 5.73 Å². The van der Waals surface area contributed by atoms with Crippen molar-refractivity contribution in [3.05, 3.63) is 96.2 Å². The summed E-state index contributed by atoms with van der Waals surface area (Å²) in [5.41, 5.74) is 6.78. The quantitative estimate of drug-likeness (QED) is 0.351. The van der Waals surface area contributed by atoms with E-state index in [9.17, 15) is 18.0 Å². The molecule has 2 N–H and O–H groups in total. The Labute approximate surface area is 187 Å². The van der Waals surface area contributed by atoms with Crippen LogP contribution in [0.3, 0.4) is 0 Å². The van der Waals surface area contributed by atoms with Crippen LogP contribution in [0.4, 0.5) is 13.2 Å². The molecule has 0 fully saturated rings. The first-order chi connectivity index (χ1) is 15.8. The van der Waals surface area contributed by atoms with Gasteiger partial charge >= 0.3 is 6.18 Å². The molecular weight excluding hydrogens is 427 g/mol. The van der Waals surface area contributed by atoms with Crippen molar-refractivity contribution in [2.24, 2.45) is 5.73 Å². The number of hydrogen-bond donors (Lipinski definition) is 1. The number of nitrogens with two attached hydrogens (primary N) is 1. The topological polar surface area (TPSA) is 60.9 Å². The van der Waals surface area contributed by atoms with Gasteiger partial charge in [0.15, 0.2) is 0 Å². The molecule has 1 aromatic heterocycles. The summed E-state index contributed by atoms with van der Waals surface area (Å²) in [6, 6.07) is 22.7. The second-order valence-electron chi connectivity index (χ2n) is 7.83. The molecule has 0 saturated heterocycles. The first-order valence-electron chi connectivity index (χ1n) is 10.3. The molecule has 0 saturated carbocycles. The van der Waals surface area contributed by atoms with E-state index in [-0.39, 0.29) is 12.1 Å². The summed E-state index contributed by atoms with van der Waals surface area (Å²) in [7, 11) is 0. The Morgan fingerprint density at radius 3 is 2.30 bits per heavy atom. The Kier molecular flexibility index (Phi) is 4.89. The average molecular weight is 445 g/mol. The fourth-order valence-corrected chi connectivity index (χ4v) is 4.16. The van der Waals surface area contributed by atoms with E-state index in [0.29, 0.717) is 11.3 Å². The highest BCUT2D eigenvalue weighted by atomic mass is 19.4. The molecule has 5 rings (SSSR count). The van der Waals surface area contributed by atoms with E-state index in [0.717, 1.165) is 39.2 Å². The Morgan fingerprint density at radius 2 is 1.58 bits per heavy atom. The van der Waals surface area contributed by atoms with Crippen molar-refractivity contribution in [3.63, 3.8) is 0 Å². The largest absolute Gasteiger partial charge is 0.416 e. The van der Waals surface area contributed by atoms with Crippen molar-refractivity contribution >= 4 is 27.5 Å². The lowest BCUT2D eigenvalue weighted by Crippen LogP contribution is -2.13. The summed E-state index contributed by atoms with van der Waals surface area (Å²) in [6.45, 7) is 0. The second kappa shape index (κ2) is 7.78. The van der Waals surface area contributed by atoms with Gasteiger partial charge in [-0.2, -0.15) is 18.3 Å². The molecule has 0 aliphatic carbocycles. The minimum absolute atomic E-state index is 0.0878. The Hall–Kier alpha value is -4.13. The van der Waals surface area contributed by atoms with Crippen LogP contribution in [0.5, 0.6) is 0 Å². The van der Waals surface area contributed by atoms with Crippen molar-refractivity contribution in [1.82, 2.24) is 9.78 Å². The Morgan fingerprint density at radius 1 is 0.879 bits per heavy atom. The van der Waals surface area contributed by atoms with Crippen LogP contribution >= 0.6 is 0 Å². The van der Waals surface area contributed by atoms with Crippen molar-refractivity contribution in [3.8, 4) is 16.9 Å². The van der Waals surface area contributed by atoms with E-state index in [1.807, 2.05) is 54.6 Å². The number of rotatable bonds is 4. The SMILES string of the molecule is NC(=O)Cc1cn(-c2cccc(C(F)(F)F)c2)nc1-c1cc2ccccc2c2ccccc12. The molecule has 164 valence electrons. The van der Waals surface area contributed by atoms with Crippen LogP contribution in [0.1, 0.15) is 11.1 Å². The highest BCUT2D eigenvalue weighted by molar-refractivity contribution is 6.13. The van der Waals surface area contributed by atoms with Crippen LogP contribution in [-0.4, -0.2) is 15.7 Å². The van der Waals surface area contributed by atoms with E-state index < -0.39 is 17.6 Å². The van der Waals surface area contributed by atoms with Crippen molar-refractivity contribution in [2.75, 3.05) is 0 Å². The van der Waals surface area contributed by atoms with E-state index >= 15 is 0 Å². The molecule has 0 unspecified atom stereocenters. The minimum atomic E-state index is -4.48. The maximum absolute atomic E-state index is 13.2. The molecule has 4 nitrogen and oxygen atoms in total. The summed E-state index contributed by atoms with van der Waals surface area (Å²) >= 11 is 0. The van der Waals surface area contributed by atoms with Crippen LogP contribution in [-0.2, 0) is 17.4 Å². The number of aromatic nitrogens is 2. The molecule has 0 atom stereocenters. The summed E-state index contributed by atoms with van der Waals surface area (Å²) < 4.78 is 41.1. The fourth-order valence-electron chi connectivity index (χ4n) is 4.16. The van der Waals surface area contributed by atoms with Crippen molar-refractivity contribution in [1.29, 1.82) is 0 Å². The van der Waals surface area contributed by atoms with Crippen molar-refractivity contribution in [2.45, 2.75) is 12.6 Å². The molecule has 7 heteroatoms. The minimum Gasteiger partial charge on any atom is -0.369 e. The fraction of sp³-hybridized carbons (Fsp3) is 0.0769. The third-order valence-electron chi connectivity index (χ3n) is 5.62. The van der Waals surface area contributed by atoms with Crippen LogP contribution < -0.4 is 5.73 Å². The highest BCUT2D eigenvalue weighted by Gasteiger charge is 2.30. The lowest BCUT2D eigenvalue weighted by molar-refractivity contribution is -0.137. The second-order valence-corrected chi connectivity index (χ2v) is 7.83. The van der Waals surface area contributed by atoms with Gasteiger partial charge in [-0.25, -0.2) is 4.68 Å². The zero-order valence-corrected chi connectivity index (χ0v) is 17.3. The number of hydrogen-bond acceptors (Lipinski definition) is 2. The number of benzene rings is 4. The van der Waals surface area contributed by atoms with E-state index in [1.165, 1.54) is 10.7 Å². The molecule has 1 amide bonds. The van der Waals surface area contributed by atoms with Gasteiger partial charge in [-0.1, -0.05) is 54.6 Å². The van der Waals surface area contributed by atoms with Crippen LogP contribution in [0, 0.1) is 0 Å². The van der Waals surface area contributed by atoms with E-state index in [1.54, 1.807) is 12.3 Å². The monoisotopic (exact) mass is 445 g/mol. The molecule has 0 radical (unpaired) electrons. The van der Waals surface area contributed by atoms with E-state index in [2.05, 4.69) is 5.10 Å². The smallest absolute Gasteiger partial charge is 0.369 e. The lowest BCUT2D eigenvalue weighted by Gasteiger charge is -2.10. The van der Waals surface area contributed by atoms with Gasteiger partial charge in [0.1, 0.15) is 0 Å². The van der Waals surface area contributed by atoms with Gasteiger partial charge in [0.2, 0.25) is 5.91 Å². The molecule has 0 aliphatic heterocycles. The molecule has 5 aromatic rings. The molecule has 4 aromatic carbocycles. The summed E-state index contributed by atoms with van der Waals surface area (Å²) in [5.74, 6) is -0.551. The number of alkyl halides is 3. The molecule has 1 heterocycles. The van der Waals surface area contributed by atoms with Crippen LogP contribution in [0.15, 0.2) is 85.1 Å². The summed E-state index contributed by atoms with van der Waals surface area (Å²) in [4.78, 5) is 11.8. The predicted octanol–water partition coefficient (Wildman–Crippen LogP) is 5.89. The maximum Gasteiger partial charge on any atom is 0.416 e. The summed E-state index contributed by atoms with van der Waals surface area (Å²) in [5, 5.41) is 8.64. The zero-order valence-electron chi connectivity index (χ0n) is 17.3. The predicted molar refractivity (Wildman–Crippen MR) is 122 cm³/mol. The summed E-state index contributed by atoms with van der Waals surface area (Å²) in [6.07, 6.45) is -2.99. The third-order valence-corrected chi connectivity index (χ3v) is 5.62. The maximum atomic E-state index is 13.2. The van der Waals surface area contributed by atoms with Gasteiger partial charge in [0, 0.05) is 17.3 Å². The van der Waals surface area contributed by atoms with Gasteiger partial charge in [0.05, 0.1) is 23.4 Å². The van der Waals surface area contributed by atoms with Gasteiger partial charge in [-0.05, 0) is 45.8 Å². The van der Waals surface area contributed by atoms with Gasteiger partial charge in [-0.3, -0.25) is 4.79 Å².